The molecule has 0 amide bonds. The number of hydrogen-bond acceptors (Lipinski definition) is 2. The lowest BCUT2D eigenvalue weighted by Crippen LogP contribution is -2.52. The van der Waals surface area contributed by atoms with Gasteiger partial charge in [0.2, 0.25) is 0 Å². The average molecular weight is 266 g/mol. The van der Waals surface area contributed by atoms with Crippen molar-refractivity contribution in [1.82, 2.24) is 10.2 Å². The zero-order chi connectivity index (χ0) is 13.7. The van der Waals surface area contributed by atoms with Gasteiger partial charge in [-0.05, 0) is 45.7 Å². The summed E-state index contributed by atoms with van der Waals surface area (Å²) in [7, 11) is 4.57. The predicted molar refractivity (Wildman–Crippen MR) is 83.5 cm³/mol. The molecule has 0 heterocycles. The monoisotopic (exact) mass is 266 g/mol. The van der Waals surface area contributed by atoms with Crippen LogP contribution < -0.4 is 5.32 Å². The van der Waals surface area contributed by atoms with Gasteiger partial charge < -0.3 is 5.32 Å². The molecule has 1 N–H and O–H groups in total. The summed E-state index contributed by atoms with van der Waals surface area (Å²) in [5.41, 5.74) is 0. The minimum Gasteiger partial charge on any atom is -0.315 e. The second-order valence-electron chi connectivity index (χ2n) is 7.05. The van der Waals surface area contributed by atoms with Crippen molar-refractivity contribution in [2.45, 2.75) is 89.3 Å². The predicted octanol–water partition coefficient (Wildman–Crippen LogP) is 3.81. The van der Waals surface area contributed by atoms with E-state index in [1.165, 1.54) is 64.2 Å². The Morgan fingerprint density at radius 2 is 1.63 bits per heavy atom. The van der Waals surface area contributed by atoms with E-state index >= 15 is 0 Å². The molecular formula is C17H34N2. The highest BCUT2D eigenvalue weighted by molar-refractivity contribution is 4.88. The molecule has 0 aromatic carbocycles. The Bertz CT molecular complexity index is 254. The summed E-state index contributed by atoms with van der Waals surface area (Å²) in [6.07, 6.45) is 14.2. The van der Waals surface area contributed by atoms with Gasteiger partial charge in [-0.15, -0.1) is 0 Å². The Balaban J connectivity index is 1.98. The van der Waals surface area contributed by atoms with Crippen LogP contribution in [0.15, 0.2) is 0 Å². The number of nitrogens with zero attached hydrogens (tertiary/aromatic N) is 1. The van der Waals surface area contributed by atoms with Crippen LogP contribution in [0.5, 0.6) is 0 Å². The first-order valence-electron chi connectivity index (χ1n) is 8.61. The van der Waals surface area contributed by atoms with Crippen LogP contribution in [0, 0.1) is 5.92 Å². The van der Waals surface area contributed by atoms with Crippen LogP contribution in [0.1, 0.15) is 71.1 Å². The van der Waals surface area contributed by atoms with E-state index in [4.69, 9.17) is 0 Å². The first kappa shape index (κ1) is 15.3. The van der Waals surface area contributed by atoms with Crippen LogP contribution in [0.3, 0.4) is 0 Å². The molecule has 2 heteroatoms. The highest BCUT2D eigenvalue weighted by Gasteiger charge is 2.31. The highest BCUT2D eigenvalue weighted by Crippen LogP contribution is 2.30. The normalized spacial score (nSPS) is 37.9. The average Bonchev–Trinajstić information content (AvgIpc) is 2.38. The Labute approximate surface area is 120 Å². The number of rotatable bonds is 3. The number of likely N-dealkylation sites (N-methyl/N-ethyl adjacent to an activating group) is 2. The summed E-state index contributed by atoms with van der Waals surface area (Å²) < 4.78 is 0. The third-order valence-electron chi connectivity index (χ3n) is 5.61. The van der Waals surface area contributed by atoms with Gasteiger partial charge in [0.25, 0.3) is 0 Å². The summed E-state index contributed by atoms with van der Waals surface area (Å²) in [4.78, 5) is 2.75. The minimum atomic E-state index is 0.711. The Morgan fingerprint density at radius 1 is 0.895 bits per heavy atom. The lowest BCUT2D eigenvalue weighted by molar-refractivity contribution is 0.0839. The van der Waals surface area contributed by atoms with E-state index in [1.807, 2.05) is 0 Å². The van der Waals surface area contributed by atoms with E-state index in [2.05, 4.69) is 31.2 Å². The zero-order valence-electron chi connectivity index (χ0n) is 13.3. The maximum absolute atomic E-state index is 3.61. The molecule has 0 radical (unpaired) electrons. The third kappa shape index (κ3) is 4.19. The summed E-state index contributed by atoms with van der Waals surface area (Å²) in [6.45, 7) is 2.44. The van der Waals surface area contributed by atoms with Crippen LogP contribution in [-0.2, 0) is 0 Å². The maximum atomic E-state index is 3.61. The van der Waals surface area contributed by atoms with Crippen molar-refractivity contribution in [2.75, 3.05) is 14.1 Å². The molecule has 0 bridgehead atoms. The van der Waals surface area contributed by atoms with Crippen LogP contribution in [0.25, 0.3) is 0 Å². The fraction of sp³-hybridized carbons (Fsp3) is 1.00. The first-order chi connectivity index (χ1) is 9.22. The van der Waals surface area contributed by atoms with Gasteiger partial charge in [0, 0.05) is 18.1 Å². The van der Waals surface area contributed by atoms with Crippen molar-refractivity contribution in [2.24, 2.45) is 5.92 Å². The summed E-state index contributed by atoms with van der Waals surface area (Å²) in [6, 6.07) is 2.31. The Hall–Kier alpha value is -0.0800. The maximum Gasteiger partial charge on any atom is 0.0249 e. The summed E-state index contributed by atoms with van der Waals surface area (Å²) >= 11 is 0. The van der Waals surface area contributed by atoms with Crippen molar-refractivity contribution in [3.05, 3.63) is 0 Å². The van der Waals surface area contributed by atoms with E-state index in [9.17, 15) is 0 Å². The van der Waals surface area contributed by atoms with Crippen molar-refractivity contribution < 1.29 is 0 Å². The SMILES string of the molecule is CNC1CCCCCCC1N(C)C1CCCC(C)C1. The van der Waals surface area contributed by atoms with Gasteiger partial charge in [0.15, 0.2) is 0 Å². The molecule has 19 heavy (non-hydrogen) atoms. The largest absolute Gasteiger partial charge is 0.315 e. The molecule has 4 atom stereocenters. The molecule has 2 aliphatic carbocycles. The molecule has 0 aliphatic heterocycles. The van der Waals surface area contributed by atoms with Crippen molar-refractivity contribution in [3.63, 3.8) is 0 Å². The van der Waals surface area contributed by atoms with Crippen LogP contribution >= 0.6 is 0 Å². The van der Waals surface area contributed by atoms with Crippen LogP contribution in [-0.4, -0.2) is 37.1 Å². The standard InChI is InChI=1S/C17H34N2/c1-14-9-8-10-15(13-14)19(3)17-12-7-5-4-6-11-16(17)18-2/h14-18H,4-13H2,1-3H3. The second-order valence-corrected chi connectivity index (χ2v) is 7.05. The summed E-state index contributed by atoms with van der Waals surface area (Å²) in [5, 5.41) is 3.61. The smallest absolute Gasteiger partial charge is 0.0249 e. The topological polar surface area (TPSA) is 15.3 Å². The molecule has 2 saturated carbocycles. The molecule has 2 fully saturated rings. The second kappa shape index (κ2) is 7.64. The molecule has 0 aromatic heterocycles. The van der Waals surface area contributed by atoms with E-state index in [0.29, 0.717) is 6.04 Å². The molecule has 2 nitrogen and oxygen atoms in total. The van der Waals surface area contributed by atoms with Gasteiger partial charge >= 0.3 is 0 Å². The van der Waals surface area contributed by atoms with Gasteiger partial charge in [0.05, 0.1) is 0 Å². The molecule has 112 valence electrons. The summed E-state index contributed by atoms with van der Waals surface area (Å²) in [5.74, 6) is 0.933. The van der Waals surface area contributed by atoms with E-state index < -0.39 is 0 Å². The highest BCUT2D eigenvalue weighted by atomic mass is 15.2. The van der Waals surface area contributed by atoms with E-state index in [0.717, 1.165) is 18.0 Å². The van der Waals surface area contributed by atoms with Gasteiger partial charge in [0.1, 0.15) is 0 Å². The van der Waals surface area contributed by atoms with E-state index in [1.54, 1.807) is 0 Å². The molecule has 0 saturated heterocycles. The molecule has 0 spiro atoms. The fourth-order valence-corrected chi connectivity index (χ4v) is 4.33. The fourth-order valence-electron chi connectivity index (χ4n) is 4.33. The van der Waals surface area contributed by atoms with Gasteiger partial charge in [-0.3, -0.25) is 4.90 Å². The number of nitrogens with one attached hydrogen (secondary N) is 1. The lowest BCUT2D eigenvalue weighted by atomic mass is 9.84. The lowest BCUT2D eigenvalue weighted by Gasteiger charge is -2.43. The zero-order valence-corrected chi connectivity index (χ0v) is 13.3. The van der Waals surface area contributed by atoms with Crippen molar-refractivity contribution in [3.8, 4) is 0 Å². The van der Waals surface area contributed by atoms with Gasteiger partial charge in [-0.25, -0.2) is 0 Å². The van der Waals surface area contributed by atoms with Gasteiger partial charge in [-0.1, -0.05) is 45.4 Å². The molecular weight excluding hydrogens is 232 g/mol. The Kier molecular flexibility index (Phi) is 6.15. The molecule has 2 aliphatic rings. The quantitative estimate of drug-likeness (QED) is 0.835. The third-order valence-corrected chi connectivity index (χ3v) is 5.61. The first-order valence-corrected chi connectivity index (χ1v) is 8.61. The minimum absolute atomic E-state index is 0.711. The van der Waals surface area contributed by atoms with E-state index in [-0.39, 0.29) is 0 Å². The van der Waals surface area contributed by atoms with Crippen LogP contribution in [0.4, 0.5) is 0 Å². The van der Waals surface area contributed by atoms with Gasteiger partial charge in [-0.2, -0.15) is 0 Å². The van der Waals surface area contributed by atoms with Crippen LogP contribution in [0.2, 0.25) is 0 Å². The molecule has 2 rings (SSSR count). The molecule has 0 aromatic rings. The van der Waals surface area contributed by atoms with Crippen molar-refractivity contribution in [1.29, 1.82) is 0 Å². The molecule has 4 unspecified atom stereocenters. The van der Waals surface area contributed by atoms with Crippen molar-refractivity contribution >= 4 is 0 Å². The number of hydrogen-bond donors (Lipinski definition) is 1. The Morgan fingerprint density at radius 3 is 2.32 bits per heavy atom.